The Morgan fingerprint density at radius 2 is 1.75 bits per heavy atom. The van der Waals surface area contributed by atoms with E-state index in [0.717, 1.165) is 0 Å². The predicted octanol–water partition coefficient (Wildman–Crippen LogP) is 2.72. The molecule has 0 heterocycles. The van der Waals surface area contributed by atoms with Crippen molar-refractivity contribution in [2.75, 3.05) is 20.8 Å². The maximum atomic E-state index is 14.4. The molecule has 2 rings (SSSR count). The number of aliphatic hydroxyl groups is 1. The third-order valence-electron chi connectivity index (χ3n) is 3.23. The summed E-state index contributed by atoms with van der Waals surface area (Å²) in [5.74, 6) is -0.494. The first-order valence-electron chi connectivity index (χ1n) is 6.23. The summed E-state index contributed by atoms with van der Waals surface area (Å²) in [6.07, 6.45) is 0. The second-order valence-electron chi connectivity index (χ2n) is 4.48. The van der Waals surface area contributed by atoms with Gasteiger partial charge in [0, 0.05) is 12.7 Å². The zero-order valence-corrected chi connectivity index (χ0v) is 11.5. The van der Waals surface area contributed by atoms with Gasteiger partial charge in [0.1, 0.15) is 5.60 Å². The summed E-state index contributed by atoms with van der Waals surface area (Å²) >= 11 is 0. The van der Waals surface area contributed by atoms with Crippen LogP contribution in [0.2, 0.25) is 0 Å². The van der Waals surface area contributed by atoms with Crippen molar-refractivity contribution in [3.8, 4) is 5.75 Å². The van der Waals surface area contributed by atoms with Gasteiger partial charge in [-0.3, -0.25) is 0 Å². The first-order valence-corrected chi connectivity index (χ1v) is 6.23. The lowest BCUT2D eigenvalue weighted by Crippen LogP contribution is -2.33. The molecule has 0 aliphatic carbocycles. The minimum absolute atomic E-state index is 0.0545. The molecule has 3 nitrogen and oxygen atoms in total. The van der Waals surface area contributed by atoms with Crippen LogP contribution >= 0.6 is 0 Å². The van der Waals surface area contributed by atoms with Crippen molar-refractivity contribution in [3.05, 3.63) is 65.5 Å². The molecule has 0 spiro atoms. The van der Waals surface area contributed by atoms with E-state index in [1.165, 1.54) is 26.4 Å². The number of benzene rings is 2. The number of hydrogen-bond donors (Lipinski definition) is 1. The fraction of sp³-hybridized carbons (Fsp3) is 0.250. The van der Waals surface area contributed by atoms with Gasteiger partial charge in [-0.2, -0.15) is 0 Å². The van der Waals surface area contributed by atoms with Gasteiger partial charge in [0.15, 0.2) is 11.6 Å². The average molecular weight is 276 g/mol. The van der Waals surface area contributed by atoms with Crippen LogP contribution in [0.4, 0.5) is 4.39 Å². The first kappa shape index (κ1) is 14.5. The highest BCUT2D eigenvalue weighted by Gasteiger charge is 2.35. The van der Waals surface area contributed by atoms with Gasteiger partial charge >= 0.3 is 0 Å². The Hall–Kier alpha value is -1.91. The van der Waals surface area contributed by atoms with Crippen molar-refractivity contribution in [2.24, 2.45) is 0 Å². The van der Waals surface area contributed by atoms with Crippen molar-refractivity contribution in [1.29, 1.82) is 0 Å². The molecule has 0 aliphatic rings. The maximum Gasteiger partial charge on any atom is 0.171 e. The van der Waals surface area contributed by atoms with E-state index in [9.17, 15) is 9.50 Å². The van der Waals surface area contributed by atoms with Gasteiger partial charge in [-0.1, -0.05) is 42.5 Å². The summed E-state index contributed by atoms with van der Waals surface area (Å²) < 4.78 is 24.5. The highest BCUT2D eigenvalue weighted by Crippen LogP contribution is 2.34. The summed E-state index contributed by atoms with van der Waals surface area (Å²) in [6, 6.07) is 13.6. The highest BCUT2D eigenvalue weighted by atomic mass is 19.1. The van der Waals surface area contributed by atoms with Gasteiger partial charge in [0.25, 0.3) is 0 Å². The number of methoxy groups -OCH3 is 2. The molecule has 0 aliphatic heterocycles. The Balaban J connectivity index is 2.59. The smallest absolute Gasteiger partial charge is 0.171 e. The Bertz CT molecular complexity index is 571. The van der Waals surface area contributed by atoms with Crippen LogP contribution in [-0.4, -0.2) is 25.9 Å². The molecule has 1 unspecified atom stereocenters. The van der Waals surface area contributed by atoms with Crippen molar-refractivity contribution in [3.63, 3.8) is 0 Å². The lowest BCUT2D eigenvalue weighted by atomic mass is 9.86. The van der Waals surface area contributed by atoms with Gasteiger partial charge in [0.05, 0.1) is 13.7 Å². The van der Waals surface area contributed by atoms with E-state index in [1.54, 1.807) is 30.3 Å². The number of halogens is 1. The normalized spacial score (nSPS) is 13.8. The van der Waals surface area contributed by atoms with E-state index < -0.39 is 11.4 Å². The number of rotatable bonds is 5. The van der Waals surface area contributed by atoms with Crippen LogP contribution in [0.25, 0.3) is 0 Å². The zero-order chi connectivity index (χ0) is 14.6. The van der Waals surface area contributed by atoms with Crippen molar-refractivity contribution < 1.29 is 19.0 Å². The fourth-order valence-electron chi connectivity index (χ4n) is 2.23. The average Bonchev–Trinajstić information content (AvgIpc) is 2.48. The fourth-order valence-corrected chi connectivity index (χ4v) is 2.23. The van der Waals surface area contributed by atoms with Crippen LogP contribution in [0.5, 0.6) is 5.75 Å². The lowest BCUT2D eigenvalue weighted by molar-refractivity contribution is -0.00595. The molecule has 1 N–H and O–H groups in total. The molecule has 2 aromatic carbocycles. The molecular weight excluding hydrogens is 259 g/mol. The largest absolute Gasteiger partial charge is 0.494 e. The minimum atomic E-state index is -1.56. The summed E-state index contributed by atoms with van der Waals surface area (Å²) in [5.41, 5.74) is -0.867. The molecule has 0 radical (unpaired) electrons. The quantitative estimate of drug-likeness (QED) is 0.912. The molecule has 20 heavy (non-hydrogen) atoms. The lowest BCUT2D eigenvalue weighted by Gasteiger charge is -2.29. The second-order valence-corrected chi connectivity index (χ2v) is 4.48. The third-order valence-corrected chi connectivity index (χ3v) is 3.23. The van der Waals surface area contributed by atoms with E-state index >= 15 is 0 Å². The Kier molecular flexibility index (Phi) is 4.37. The summed E-state index contributed by atoms with van der Waals surface area (Å²) in [7, 11) is 2.85. The molecular formula is C16H17FO3. The van der Waals surface area contributed by atoms with Crippen molar-refractivity contribution in [2.45, 2.75) is 5.60 Å². The highest BCUT2D eigenvalue weighted by molar-refractivity contribution is 5.41. The molecule has 4 heteroatoms. The molecule has 2 aromatic rings. The van der Waals surface area contributed by atoms with Gasteiger partial charge < -0.3 is 14.6 Å². The molecule has 0 amide bonds. The van der Waals surface area contributed by atoms with Crippen LogP contribution in [0, 0.1) is 5.82 Å². The Morgan fingerprint density at radius 3 is 2.35 bits per heavy atom. The van der Waals surface area contributed by atoms with Crippen LogP contribution in [0.3, 0.4) is 0 Å². The molecule has 106 valence electrons. The SMILES string of the molecule is COCC(O)(c1ccccc1)c1cccc(OC)c1F. The molecule has 0 aromatic heterocycles. The molecule has 1 atom stereocenters. The maximum absolute atomic E-state index is 14.4. The second kappa shape index (κ2) is 6.03. The van der Waals surface area contributed by atoms with E-state index in [0.29, 0.717) is 5.56 Å². The summed E-state index contributed by atoms with van der Waals surface area (Å²) in [6.45, 7) is -0.0545. The van der Waals surface area contributed by atoms with Crippen LogP contribution in [0.15, 0.2) is 48.5 Å². The molecule has 0 bridgehead atoms. The third kappa shape index (κ3) is 2.53. The summed E-state index contributed by atoms with van der Waals surface area (Å²) in [5, 5.41) is 10.9. The van der Waals surface area contributed by atoms with E-state index in [2.05, 4.69) is 0 Å². The van der Waals surface area contributed by atoms with Gasteiger partial charge in [-0.15, -0.1) is 0 Å². The van der Waals surface area contributed by atoms with E-state index in [1.807, 2.05) is 6.07 Å². The van der Waals surface area contributed by atoms with E-state index in [-0.39, 0.29) is 17.9 Å². The van der Waals surface area contributed by atoms with E-state index in [4.69, 9.17) is 9.47 Å². The topological polar surface area (TPSA) is 38.7 Å². The number of hydrogen-bond acceptors (Lipinski definition) is 3. The predicted molar refractivity (Wildman–Crippen MR) is 74.3 cm³/mol. The van der Waals surface area contributed by atoms with Gasteiger partial charge in [-0.25, -0.2) is 4.39 Å². The van der Waals surface area contributed by atoms with Crippen LogP contribution < -0.4 is 4.74 Å². The zero-order valence-electron chi connectivity index (χ0n) is 11.5. The molecule has 0 saturated heterocycles. The van der Waals surface area contributed by atoms with Crippen LogP contribution in [0.1, 0.15) is 11.1 Å². The first-order chi connectivity index (χ1) is 9.63. The molecule has 0 fully saturated rings. The van der Waals surface area contributed by atoms with Gasteiger partial charge in [-0.05, 0) is 11.6 Å². The standard InChI is InChI=1S/C16H17FO3/c1-19-11-16(18,12-7-4-3-5-8-12)13-9-6-10-14(20-2)15(13)17/h3-10,18H,11H2,1-2H3. The monoisotopic (exact) mass is 276 g/mol. The Labute approximate surface area is 117 Å². The van der Waals surface area contributed by atoms with Crippen molar-refractivity contribution in [1.82, 2.24) is 0 Å². The van der Waals surface area contributed by atoms with Crippen molar-refractivity contribution >= 4 is 0 Å². The number of ether oxygens (including phenoxy) is 2. The van der Waals surface area contributed by atoms with Gasteiger partial charge in [0.2, 0.25) is 0 Å². The molecule has 0 saturated carbocycles. The Morgan fingerprint density at radius 1 is 1.05 bits per heavy atom. The van der Waals surface area contributed by atoms with Crippen LogP contribution in [-0.2, 0) is 10.3 Å². The summed E-state index contributed by atoms with van der Waals surface area (Å²) in [4.78, 5) is 0. The minimum Gasteiger partial charge on any atom is -0.494 e.